The largest absolute Gasteiger partial charge is 0.371 e. The predicted octanol–water partition coefficient (Wildman–Crippen LogP) is 4.78. The number of nitrogens with zero attached hydrogens (tertiary/aromatic N) is 1. The highest BCUT2D eigenvalue weighted by molar-refractivity contribution is 5.46. The smallest absolute Gasteiger partial charge is 0.0366 e. The lowest BCUT2D eigenvalue weighted by molar-refractivity contribution is 0.769. The molecule has 3 aromatic carbocycles. The highest BCUT2D eigenvalue weighted by atomic mass is 15.1. The summed E-state index contributed by atoms with van der Waals surface area (Å²) < 4.78 is 0. The van der Waals surface area contributed by atoms with Gasteiger partial charge in [0.2, 0.25) is 0 Å². The Morgan fingerprint density at radius 1 is 0.609 bits per heavy atom. The molecule has 0 saturated heterocycles. The molecule has 0 aliphatic rings. The molecule has 115 valence electrons. The Hall–Kier alpha value is -2.54. The summed E-state index contributed by atoms with van der Waals surface area (Å²) >= 11 is 0. The summed E-state index contributed by atoms with van der Waals surface area (Å²) in [5.74, 6) is 0. The third-order valence-corrected chi connectivity index (χ3v) is 4.09. The molecule has 1 radical (unpaired) electrons. The van der Waals surface area contributed by atoms with Crippen molar-refractivity contribution in [1.29, 1.82) is 0 Å². The molecule has 0 spiro atoms. The molecule has 0 bridgehead atoms. The van der Waals surface area contributed by atoms with Crippen LogP contribution in [0.4, 0.5) is 5.69 Å². The third-order valence-electron chi connectivity index (χ3n) is 4.09. The quantitative estimate of drug-likeness (QED) is 0.607. The van der Waals surface area contributed by atoms with Crippen LogP contribution in [0.3, 0.4) is 0 Å². The maximum absolute atomic E-state index is 3.11. The van der Waals surface area contributed by atoms with Gasteiger partial charge in [-0.3, -0.25) is 0 Å². The minimum absolute atomic E-state index is 1.03. The van der Waals surface area contributed by atoms with Crippen LogP contribution in [0.25, 0.3) is 0 Å². The van der Waals surface area contributed by atoms with Crippen molar-refractivity contribution in [2.24, 2.45) is 0 Å². The first kappa shape index (κ1) is 15.4. The van der Waals surface area contributed by atoms with Crippen LogP contribution >= 0.6 is 0 Å². The van der Waals surface area contributed by atoms with Gasteiger partial charge in [0.1, 0.15) is 0 Å². The minimum atomic E-state index is 1.03. The second kappa shape index (κ2) is 8.19. The van der Waals surface area contributed by atoms with E-state index in [2.05, 4.69) is 83.8 Å². The molecule has 1 heteroatoms. The molecule has 1 nitrogen and oxygen atoms in total. The van der Waals surface area contributed by atoms with Crippen molar-refractivity contribution < 1.29 is 0 Å². The molecule has 0 fully saturated rings. The lowest BCUT2D eigenvalue weighted by Gasteiger charge is -2.25. The topological polar surface area (TPSA) is 3.24 Å². The van der Waals surface area contributed by atoms with E-state index in [0.717, 1.165) is 25.9 Å². The van der Waals surface area contributed by atoms with Gasteiger partial charge < -0.3 is 4.90 Å². The van der Waals surface area contributed by atoms with Gasteiger partial charge in [0.25, 0.3) is 0 Å². The van der Waals surface area contributed by atoms with E-state index in [-0.39, 0.29) is 0 Å². The van der Waals surface area contributed by atoms with E-state index in [4.69, 9.17) is 0 Å². The Balaban J connectivity index is 1.66. The SMILES string of the molecule is [c]1ccc(N(CCc2ccccc2)CCc2ccccc2)cc1. The van der Waals surface area contributed by atoms with Crippen LogP contribution in [0.2, 0.25) is 0 Å². The van der Waals surface area contributed by atoms with Gasteiger partial charge in [0, 0.05) is 18.8 Å². The summed E-state index contributed by atoms with van der Waals surface area (Å²) in [6.45, 7) is 2.06. The fourth-order valence-corrected chi connectivity index (χ4v) is 2.78. The van der Waals surface area contributed by atoms with Gasteiger partial charge in [-0.25, -0.2) is 0 Å². The van der Waals surface area contributed by atoms with Gasteiger partial charge in [0.15, 0.2) is 0 Å². The molecular formula is C22H22N. The number of anilines is 1. The monoisotopic (exact) mass is 300 g/mol. The van der Waals surface area contributed by atoms with Crippen LogP contribution in [-0.2, 0) is 12.8 Å². The van der Waals surface area contributed by atoms with Crippen molar-refractivity contribution >= 4 is 5.69 Å². The third kappa shape index (κ3) is 4.72. The van der Waals surface area contributed by atoms with Crippen molar-refractivity contribution in [2.75, 3.05) is 18.0 Å². The summed E-state index contributed by atoms with van der Waals surface area (Å²) in [6.07, 6.45) is 2.13. The second-order valence-electron chi connectivity index (χ2n) is 5.72. The number of benzene rings is 3. The summed E-state index contributed by atoms with van der Waals surface area (Å²) in [5.41, 5.74) is 4.05. The van der Waals surface area contributed by atoms with Crippen LogP contribution in [-0.4, -0.2) is 13.1 Å². The molecule has 0 aliphatic heterocycles. The second-order valence-corrected chi connectivity index (χ2v) is 5.72. The van der Waals surface area contributed by atoms with Crippen molar-refractivity contribution in [3.63, 3.8) is 0 Å². The molecule has 0 atom stereocenters. The van der Waals surface area contributed by atoms with Gasteiger partial charge in [0.05, 0.1) is 0 Å². The van der Waals surface area contributed by atoms with Gasteiger partial charge in [-0.05, 0) is 42.2 Å². The molecule has 0 aliphatic carbocycles. The van der Waals surface area contributed by atoms with E-state index in [9.17, 15) is 0 Å². The Bertz CT molecular complexity index is 633. The fourth-order valence-electron chi connectivity index (χ4n) is 2.78. The van der Waals surface area contributed by atoms with Crippen LogP contribution in [0, 0.1) is 6.07 Å². The molecule has 3 rings (SSSR count). The fraction of sp³-hybridized carbons (Fsp3) is 0.182. The summed E-state index contributed by atoms with van der Waals surface area (Å²) in [5, 5.41) is 0. The zero-order chi connectivity index (χ0) is 15.7. The van der Waals surface area contributed by atoms with E-state index < -0.39 is 0 Å². The predicted molar refractivity (Wildman–Crippen MR) is 97.8 cm³/mol. The van der Waals surface area contributed by atoms with E-state index in [0.29, 0.717) is 0 Å². The van der Waals surface area contributed by atoms with Crippen molar-refractivity contribution in [3.05, 3.63) is 102 Å². The van der Waals surface area contributed by atoms with Gasteiger partial charge in [-0.2, -0.15) is 0 Å². The first-order valence-electron chi connectivity index (χ1n) is 8.21. The lowest BCUT2D eigenvalue weighted by atomic mass is 10.1. The highest BCUT2D eigenvalue weighted by Crippen LogP contribution is 2.15. The summed E-state index contributed by atoms with van der Waals surface area (Å²) in [4.78, 5) is 2.47. The van der Waals surface area contributed by atoms with Crippen molar-refractivity contribution in [2.45, 2.75) is 12.8 Å². The average Bonchev–Trinajstić information content (AvgIpc) is 2.64. The van der Waals surface area contributed by atoms with Crippen LogP contribution in [0.1, 0.15) is 11.1 Å². The maximum Gasteiger partial charge on any atom is 0.0366 e. The zero-order valence-electron chi connectivity index (χ0n) is 13.4. The molecule has 0 aromatic heterocycles. The van der Waals surface area contributed by atoms with Crippen LogP contribution in [0.15, 0.2) is 84.9 Å². The lowest BCUT2D eigenvalue weighted by Crippen LogP contribution is -2.28. The zero-order valence-corrected chi connectivity index (χ0v) is 13.4. The summed E-state index contributed by atoms with van der Waals surface area (Å²) in [6, 6.07) is 32.8. The Kier molecular flexibility index (Phi) is 5.47. The number of hydrogen-bond acceptors (Lipinski definition) is 1. The number of rotatable bonds is 7. The molecule has 3 aromatic rings. The Morgan fingerprint density at radius 2 is 1.09 bits per heavy atom. The molecule has 0 unspecified atom stereocenters. The maximum atomic E-state index is 3.11. The highest BCUT2D eigenvalue weighted by Gasteiger charge is 2.07. The molecule has 0 saturated carbocycles. The molecular weight excluding hydrogens is 278 g/mol. The van der Waals surface area contributed by atoms with E-state index >= 15 is 0 Å². The molecule has 23 heavy (non-hydrogen) atoms. The Morgan fingerprint density at radius 3 is 1.57 bits per heavy atom. The number of hydrogen-bond donors (Lipinski definition) is 0. The molecule has 0 amide bonds. The first-order valence-corrected chi connectivity index (χ1v) is 8.21. The first-order chi connectivity index (χ1) is 11.4. The van der Waals surface area contributed by atoms with Gasteiger partial charge in [-0.15, -0.1) is 0 Å². The minimum Gasteiger partial charge on any atom is -0.371 e. The van der Waals surface area contributed by atoms with Gasteiger partial charge in [-0.1, -0.05) is 72.8 Å². The van der Waals surface area contributed by atoms with Crippen molar-refractivity contribution in [1.82, 2.24) is 0 Å². The van der Waals surface area contributed by atoms with E-state index in [1.54, 1.807) is 0 Å². The molecule has 0 N–H and O–H groups in total. The standard InChI is InChI=1S/C22H22N/c1-4-10-20(11-5-1)16-18-23(22-14-8-3-9-15-22)19-17-21-12-6-2-7-13-21/h1-2,4-15H,16-19H2. The van der Waals surface area contributed by atoms with Crippen LogP contribution in [0.5, 0.6) is 0 Å². The van der Waals surface area contributed by atoms with Crippen LogP contribution < -0.4 is 4.90 Å². The van der Waals surface area contributed by atoms with Crippen molar-refractivity contribution in [3.8, 4) is 0 Å². The normalized spacial score (nSPS) is 10.4. The Labute approximate surface area is 139 Å². The summed E-state index contributed by atoms with van der Waals surface area (Å²) in [7, 11) is 0. The molecule has 0 heterocycles. The van der Waals surface area contributed by atoms with E-state index in [1.165, 1.54) is 16.8 Å². The average molecular weight is 300 g/mol. The van der Waals surface area contributed by atoms with Gasteiger partial charge >= 0.3 is 0 Å². The van der Waals surface area contributed by atoms with E-state index in [1.807, 2.05) is 12.1 Å².